The molecule has 0 unspecified atom stereocenters. The maximum Gasteiger partial charge on any atom is 0.115 e. The van der Waals surface area contributed by atoms with Crippen LogP contribution in [-0.4, -0.2) is 7.85 Å². The van der Waals surface area contributed by atoms with Crippen molar-refractivity contribution in [1.29, 1.82) is 0 Å². The second-order valence-electron chi connectivity index (χ2n) is 3.64. The molecule has 0 aliphatic heterocycles. The van der Waals surface area contributed by atoms with Crippen molar-refractivity contribution < 1.29 is 0 Å². The van der Waals surface area contributed by atoms with Gasteiger partial charge in [0.2, 0.25) is 0 Å². The van der Waals surface area contributed by atoms with Crippen molar-refractivity contribution >= 4 is 24.6 Å². The number of hydrogen-bond donors (Lipinski definition) is 0. The van der Waals surface area contributed by atoms with Crippen molar-refractivity contribution in [1.82, 2.24) is 0 Å². The minimum Gasteiger partial charge on any atom is -0.132 e. The average molecular weight is 222 g/mol. The van der Waals surface area contributed by atoms with Gasteiger partial charge in [0.05, 0.1) is 4.88 Å². The van der Waals surface area contributed by atoms with Crippen LogP contribution in [0.1, 0.15) is 20.9 Å². The molecule has 0 amide bonds. The van der Waals surface area contributed by atoms with E-state index in [4.69, 9.17) is 7.85 Å². The Morgan fingerprint density at radius 3 is 2.31 bits per heavy atom. The molecular formula is C14H11BS. The molecule has 2 heteroatoms. The van der Waals surface area contributed by atoms with Gasteiger partial charge in [-0.2, -0.15) is 0 Å². The highest BCUT2D eigenvalue weighted by Crippen LogP contribution is 2.16. The van der Waals surface area contributed by atoms with Crippen molar-refractivity contribution in [3.05, 3.63) is 51.2 Å². The van der Waals surface area contributed by atoms with E-state index >= 15 is 0 Å². The summed E-state index contributed by atoms with van der Waals surface area (Å²) in [7, 11) is 5.91. The van der Waals surface area contributed by atoms with Gasteiger partial charge < -0.3 is 0 Å². The Morgan fingerprint density at radius 2 is 1.75 bits per heavy atom. The van der Waals surface area contributed by atoms with E-state index in [9.17, 15) is 0 Å². The predicted octanol–water partition coefficient (Wildman–Crippen LogP) is 2.56. The summed E-state index contributed by atoms with van der Waals surface area (Å²) in [6.07, 6.45) is 0. The molecule has 0 fully saturated rings. The molecule has 1 aromatic heterocycles. The molecule has 0 saturated heterocycles. The van der Waals surface area contributed by atoms with Gasteiger partial charge in [0.1, 0.15) is 7.85 Å². The lowest BCUT2D eigenvalue weighted by molar-refractivity contribution is 1.54. The van der Waals surface area contributed by atoms with E-state index in [1.165, 1.54) is 0 Å². The molecule has 0 saturated carbocycles. The van der Waals surface area contributed by atoms with Crippen molar-refractivity contribution in [2.45, 2.75) is 13.8 Å². The molecular weight excluding hydrogens is 211 g/mol. The molecule has 2 rings (SSSR count). The van der Waals surface area contributed by atoms with Gasteiger partial charge in [-0.3, -0.25) is 0 Å². The van der Waals surface area contributed by atoms with Gasteiger partial charge in [0.15, 0.2) is 0 Å². The molecule has 0 bridgehead atoms. The third kappa shape index (κ3) is 2.20. The molecule has 0 spiro atoms. The minimum absolute atomic E-state index is 0.877. The maximum atomic E-state index is 5.91. The number of rotatable bonds is 0. The second-order valence-corrected chi connectivity index (χ2v) is 4.87. The van der Waals surface area contributed by atoms with Crippen molar-refractivity contribution in [3.8, 4) is 11.8 Å². The Bertz CT molecular complexity index is 556. The Kier molecular flexibility index (Phi) is 3.17. The minimum atomic E-state index is 0.877. The molecule has 0 nitrogen and oxygen atoms in total. The van der Waals surface area contributed by atoms with Crippen LogP contribution in [0.15, 0.2) is 30.3 Å². The summed E-state index contributed by atoms with van der Waals surface area (Å²) >= 11 is 1.66. The van der Waals surface area contributed by atoms with Gasteiger partial charge in [0, 0.05) is 5.56 Å². The number of benzene rings is 1. The third-order valence-electron chi connectivity index (χ3n) is 2.47. The highest BCUT2D eigenvalue weighted by atomic mass is 32.1. The standard InChI is InChI=1S/C14H11BS/c1-10-13(16-11(2)14(10)15)9-8-12-6-4-3-5-7-12/h3-7H,1-2H3. The zero-order chi connectivity index (χ0) is 11.5. The zero-order valence-electron chi connectivity index (χ0n) is 9.37. The predicted molar refractivity (Wildman–Crippen MR) is 71.6 cm³/mol. The summed E-state index contributed by atoms with van der Waals surface area (Å²) in [5, 5.41) is 0. The summed E-state index contributed by atoms with van der Waals surface area (Å²) in [6.45, 7) is 4.05. The van der Waals surface area contributed by atoms with Crippen LogP contribution < -0.4 is 5.46 Å². The van der Waals surface area contributed by atoms with Gasteiger partial charge in [-0.05, 0) is 36.4 Å². The molecule has 0 aliphatic rings. The summed E-state index contributed by atoms with van der Waals surface area (Å²) < 4.78 is 0. The summed E-state index contributed by atoms with van der Waals surface area (Å²) in [6, 6.07) is 9.98. The Morgan fingerprint density at radius 1 is 1.06 bits per heavy atom. The first-order valence-electron chi connectivity index (χ1n) is 5.11. The number of thiophene rings is 1. The van der Waals surface area contributed by atoms with Crippen LogP contribution in [-0.2, 0) is 0 Å². The smallest absolute Gasteiger partial charge is 0.115 e. The molecule has 0 atom stereocenters. The zero-order valence-corrected chi connectivity index (χ0v) is 10.2. The van der Waals surface area contributed by atoms with E-state index in [1.54, 1.807) is 11.3 Å². The van der Waals surface area contributed by atoms with E-state index < -0.39 is 0 Å². The largest absolute Gasteiger partial charge is 0.132 e. The van der Waals surface area contributed by atoms with E-state index in [1.807, 2.05) is 44.2 Å². The van der Waals surface area contributed by atoms with Crippen LogP contribution in [0.4, 0.5) is 0 Å². The van der Waals surface area contributed by atoms with Crippen LogP contribution in [0.5, 0.6) is 0 Å². The molecule has 1 heterocycles. The quantitative estimate of drug-likeness (QED) is 0.474. The van der Waals surface area contributed by atoms with Crippen LogP contribution in [0.25, 0.3) is 0 Å². The van der Waals surface area contributed by atoms with Gasteiger partial charge in [-0.25, -0.2) is 0 Å². The Balaban J connectivity index is 2.35. The Hall–Kier alpha value is -1.46. The molecule has 16 heavy (non-hydrogen) atoms. The first-order chi connectivity index (χ1) is 7.68. The monoisotopic (exact) mass is 222 g/mol. The fraction of sp³-hybridized carbons (Fsp3) is 0.143. The first-order valence-corrected chi connectivity index (χ1v) is 5.92. The van der Waals surface area contributed by atoms with Crippen LogP contribution in [0.3, 0.4) is 0 Å². The lowest BCUT2D eigenvalue weighted by Gasteiger charge is -1.90. The molecule has 2 radical (unpaired) electrons. The second kappa shape index (κ2) is 4.59. The lowest BCUT2D eigenvalue weighted by atomic mass is 9.92. The summed E-state index contributed by atoms with van der Waals surface area (Å²) in [5.41, 5.74) is 3.01. The van der Waals surface area contributed by atoms with Crippen molar-refractivity contribution in [2.24, 2.45) is 0 Å². The van der Waals surface area contributed by atoms with Crippen molar-refractivity contribution in [3.63, 3.8) is 0 Å². The fourth-order valence-corrected chi connectivity index (χ4v) is 2.38. The highest BCUT2D eigenvalue weighted by Gasteiger charge is 2.04. The Labute approximate surface area is 102 Å². The molecule has 2 aromatic rings. The van der Waals surface area contributed by atoms with Gasteiger partial charge in [-0.1, -0.05) is 35.5 Å². The van der Waals surface area contributed by atoms with Gasteiger partial charge in [0.25, 0.3) is 0 Å². The van der Waals surface area contributed by atoms with Crippen molar-refractivity contribution in [2.75, 3.05) is 0 Å². The highest BCUT2D eigenvalue weighted by molar-refractivity contribution is 7.13. The molecule has 0 N–H and O–H groups in total. The topological polar surface area (TPSA) is 0 Å². The first kappa shape index (κ1) is 11.0. The van der Waals surface area contributed by atoms with Gasteiger partial charge in [-0.15, -0.1) is 11.3 Å². The SMILES string of the molecule is [B]c1c(C)sc(C#Cc2ccccc2)c1C. The third-order valence-corrected chi connectivity index (χ3v) is 3.61. The molecule has 0 aliphatic carbocycles. The van der Waals surface area contributed by atoms with Gasteiger partial charge >= 0.3 is 0 Å². The van der Waals surface area contributed by atoms with E-state index in [2.05, 4.69) is 11.8 Å². The summed E-state index contributed by atoms with van der Waals surface area (Å²) in [5.74, 6) is 6.33. The normalized spacial score (nSPS) is 9.62. The average Bonchev–Trinajstić information content (AvgIpc) is 2.56. The van der Waals surface area contributed by atoms with E-state index in [-0.39, 0.29) is 0 Å². The maximum absolute atomic E-state index is 5.91. The number of hydrogen-bond acceptors (Lipinski definition) is 1. The van der Waals surface area contributed by atoms with Crippen LogP contribution in [0.2, 0.25) is 0 Å². The van der Waals surface area contributed by atoms with Crippen LogP contribution >= 0.6 is 11.3 Å². The van der Waals surface area contributed by atoms with E-state index in [0.29, 0.717) is 0 Å². The number of aryl methyl sites for hydroxylation is 1. The lowest BCUT2D eigenvalue weighted by Crippen LogP contribution is -2.05. The van der Waals surface area contributed by atoms with E-state index in [0.717, 1.165) is 26.3 Å². The van der Waals surface area contributed by atoms with Crippen LogP contribution in [0, 0.1) is 25.7 Å². The summed E-state index contributed by atoms with van der Waals surface area (Å²) in [4.78, 5) is 2.22. The molecule has 1 aromatic carbocycles. The molecule has 76 valence electrons. The fourth-order valence-electron chi connectivity index (χ4n) is 1.44.